The molecule has 22 heavy (non-hydrogen) atoms. The third kappa shape index (κ3) is 7.22. The van der Waals surface area contributed by atoms with Crippen molar-refractivity contribution in [3.63, 3.8) is 0 Å². The van der Waals surface area contributed by atoms with Crippen LogP contribution in [0.1, 0.15) is 19.8 Å². The summed E-state index contributed by atoms with van der Waals surface area (Å²) in [5, 5.41) is 3.04. The van der Waals surface area contributed by atoms with E-state index in [-0.39, 0.29) is 23.8 Å². The highest BCUT2D eigenvalue weighted by Crippen LogP contribution is 2.14. The fourth-order valence-corrected chi connectivity index (χ4v) is 2.98. The van der Waals surface area contributed by atoms with E-state index in [0.717, 1.165) is 6.42 Å². The van der Waals surface area contributed by atoms with Crippen molar-refractivity contribution in [2.75, 3.05) is 26.3 Å². The van der Waals surface area contributed by atoms with Crippen molar-refractivity contribution in [1.82, 2.24) is 10.0 Å². The Labute approximate surface area is 136 Å². The van der Waals surface area contributed by atoms with Crippen LogP contribution in [0, 0.1) is 0 Å². The minimum absolute atomic E-state index is 0.0339. The minimum atomic E-state index is -3.65. The van der Waals surface area contributed by atoms with Crippen LogP contribution in [0.15, 0.2) is 29.2 Å². The molecule has 6 nitrogen and oxygen atoms in total. The molecule has 2 N–H and O–H groups in total. The molecule has 0 radical (unpaired) electrons. The molecular weight excluding hydrogens is 328 g/mol. The minimum Gasteiger partial charge on any atom is -0.382 e. The number of rotatable bonds is 10. The van der Waals surface area contributed by atoms with Crippen molar-refractivity contribution < 1.29 is 17.9 Å². The first-order valence-electron chi connectivity index (χ1n) is 7.05. The number of amides is 1. The summed E-state index contributed by atoms with van der Waals surface area (Å²) in [6, 6.07) is 5.96. The van der Waals surface area contributed by atoms with Crippen LogP contribution >= 0.6 is 11.6 Å². The quantitative estimate of drug-likeness (QED) is 0.628. The molecule has 0 fully saturated rings. The molecule has 0 saturated carbocycles. The van der Waals surface area contributed by atoms with Gasteiger partial charge in [-0.15, -0.1) is 0 Å². The van der Waals surface area contributed by atoms with Crippen molar-refractivity contribution in [1.29, 1.82) is 0 Å². The zero-order valence-corrected chi connectivity index (χ0v) is 14.0. The Bertz CT molecular complexity index is 578. The lowest BCUT2D eigenvalue weighted by Gasteiger charge is -2.08. The van der Waals surface area contributed by atoms with Gasteiger partial charge in [0, 0.05) is 37.7 Å². The summed E-state index contributed by atoms with van der Waals surface area (Å²) in [4.78, 5) is 11.6. The molecule has 0 unspecified atom stereocenters. The molecule has 0 aromatic heterocycles. The topological polar surface area (TPSA) is 84.5 Å². The number of ether oxygens (including phenoxy) is 1. The molecule has 0 atom stereocenters. The number of carbonyl (C=O) groups excluding carboxylic acids is 1. The van der Waals surface area contributed by atoms with Crippen LogP contribution in [0.5, 0.6) is 0 Å². The van der Waals surface area contributed by atoms with Crippen molar-refractivity contribution >= 4 is 27.5 Å². The second-order valence-corrected chi connectivity index (χ2v) is 6.71. The Kier molecular flexibility index (Phi) is 8.40. The number of hydrogen-bond acceptors (Lipinski definition) is 4. The van der Waals surface area contributed by atoms with Crippen LogP contribution in [-0.2, 0) is 19.6 Å². The Morgan fingerprint density at radius 3 is 2.77 bits per heavy atom. The summed E-state index contributed by atoms with van der Waals surface area (Å²) in [5.41, 5.74) is 0. The van der Waals surface area contributed by atoms with E-state index >= 15 is 0 Å². The van der Waals surface area contributed by atoms with E-state index in [1.54, 1.807) is 12.1 Å². The molecule has 0 aliphatic carbocycles. The van der Waals surface area contributed by atoms with E-state index in [1.165, 1.54) is 12.1 Å². The maximum absolute atomic E-state index is 12.0. The van der Waals surface area contributed by atoms with Crippen molar-refractivity contribution in [3.8, 4) is 0 Å². The van der Waals surface area contributed by atoms with Crippen LogP contribution in [0.2, 0.25) is 5.02 Å². The van der Waals surface area contributed by atoms with E-state index in [4.69, 9.17) is 16.3 Å². The van der Waals surface area contributed by atoms with E-state index in [2.05, 4.69) is 10.0 Å². The average molecular weight is 349 g/mol. The molecule has 1 amide bonds. The highest BCUT2D eigenvalue weighted by molar-refractivity contribution is 7.89. The number of sulfonamides is 1. The maximum atomic E-state index is 12.0. The van der Waals surface area contributed by atoms with Gasteiger partial charge in [0.15, 0.2) is 0 Å². The zero-order valence-electron chi connectivity index (χ0n) is 12.5. The average Bonchev–Trinajstić information content (AvgIpc) is 2.47. The molecular formula is C14H21ClN2O4S. The summed E-state index contributed by atoms with van der Waals surface area (Å²) < 4.78 is 31.5. The molecule has 0 heterocycles. The van der Waals surface area contributed by atoms with Gasteiger partial charge < -0.3 is 10.1 Å². The molecule has 0 aliphatic heterocycles. The predicted molar refractivity (Wildman–Crippen MR) is 85.4 cm³/mol. The summed E-state index contributed by atoms with van der Waals surface area (Å²) in [6.45, 7) is 3.70. The normalized spacial score (nSPS) is 11.4. The molecule has 1 rings (SSSR count). The second kappa shape index (κ2) is 9.78. The third-order valence-corrected chi connectivity index (χ3v) is 4.44. The summed E-state index contributed by atoms with van der Waals surface area (Å²) in [5.74, 6) is -0.203. The van der Waals surface area contributed by atoms with Gasteiger partial charge in [0.25, 0.3) is 0 Å². The molecule has 1 aromatic carbocycles. The van der Waals surface area contributed by atoms with Crippen LogP contribution in [0.3, 0.4) is 0 Å². The van der Waals surface area contributed by atoms with Crippen LogP contribution in [-0.4, -0.2) is 40.6 Å². The molecule has 0 spiro atoms. The number of benzene rings is 1. The number of halogens is 1. The lowest BCUT2D eigenvalue weighted by molar-refractivity contribution is -0.120. The smallest absolute Gasteiger partial charge is 0.240 e. The SMILES string of the molecule is CCOCCCNC(=O)CCNS(=O)(=O)c1cccc(Cl)c1. The van der Waals surface area contributed by atoms with E-state index in [0.29, 0.717) is 24.8 Å². The van der Waals surface area contributed by atoms with Gasteiger partial charge in [-0.3, -0.25) is 4.79 Å². The Morgan fingerprint density at radius 1 is 1.32 bits per heavy atom. The van der Waals surface area contributed by atoms with Crippen molar-refractivity contribution in [3.05, 3.63) is 29.3 Å². The predicted octanol–water partition coefficient (Wildman–Crippen LogP) is 1.55. The monoisotopic (exact) mass is 348 g/mol. The summed E-state index contributed by atoms with van der Waals surface area (Å²) in [7, 11) is -3.65. The van der Waals surface area contributed by atoms with Crippen LogP contribution < -0.4 is 10.0 Å². The molecule has 0 saturated heterocycles. The molecule has 0 bridgehead atoms. The number of hydrogen-bond donors (Lipinski definition) is 2. The largest absolute Gasteiger partial charge is 0.382 e. The zero-order chi connectivity index (χ0) is 16.4. The van der Waals surface area contributed by atoms with E-state index in [1.807, 2.05) is 6.92 Å². The highest BCUT2D eigenvalue weighted by Gasteiger charge is 2.14. The molecule has 8 heteroatoms. The molecule has 0 aliphatic rings. The molecule has 124 valence electrons. The van der Waals surface area contributed by atoms with Crippen molar-refractivity contribution in [2.45, 2.75) is 24.7 Å². The Morgan fingerprint density at radius 2 is 2.09 bits per heavy atom. The van der Waals surface area contributed by atoms with E-state index in [9.17, 15) is 13.2 Å². The first-order chi connectivity index (χ1) is 10.5. The first kappa shape index (κ1) is 18.9. The van der Waals surface area contributed by atoms with Crippen LogP contribution in [0.25, 0.3) is 0 Å². The lowest BCUT2D eigenvalue weighted by Crippen LogP contribution is -2.31. The summed E-state index contributed by atoms with van der Waals surface area (Å²) in [6.07, 6.45) is 0.808. The third-order valence-electron chi connectivity index (χ3n) is 2.74. The fraction of sp³-hybridized carbons (Fsp3) is 0.500. The number of carbonyl (C=O) groups is 1. The summed E-state index contributed by atoms with van der Waals surface area (Å²) >= 11 is 5.76. The lowest BCUT2D eigenvalue weighted by atomic mass is 10.4. The van der Waals surface area contributed by atoms with Gasteiger partial charge in [-0.2, -0.15) is 0 Å². The van der Waals surface area contributed by atoms with Gasteiger partial charge in [0.1, 0.15) is 0 Å². The highest BCUT2D eigenvalue weighted by atomic mass is 35.5. The second-order valence-electron chi connectivity index (χ2n) is 4.51. The number of nitrogens with one attached hydrogen (secondary N) is 2. The van der Waals surface area contributed by atoms with Crippen molar-refractivity contribution in [2.24, 2.45) is 0 Å². The van der Waals surface area contributed by atoms with Crippen LogP contribution in [0.4, 0.5) is 0 Å². The van der Waals surface area contributed by atoms with Gasteiger partial charge in [0.2, 0.25) is 15.9 Å². The fourth-order valence-electron chi connectivity index (χ4n) is 1.65. The van der Waals surface area contributed by atoms with Gasteiger partial charge in [0.05, 0.1) is 4.90 Å². The van der Waals surface area contributed by atoms with Gasteiger partial charge in [-0.25, -0.2) is 13.1 Å². The van der Waals surface area contributed by atoms with E-state index < -0.39 is 10.0 Å². The van der Waals surface area contributed by atoms with Gasteiger partial charge >= 0.3 is 0 Å². The molecule has 1 aromatic rings. The Balaban J connectivity index is 2.29. The van der Waals surface area contributed by atoms with Gasteiger partial charge in [-0.05, 0) is 31.5 Å². The first-order valence-corrected chi connectivity index (χ1v) is 8.91. The maximum Gasteiger partial charge on any atom is 0.240 e. The van der Waals surface area contributed by atoms with Gasteiger partial charge in [-0.1, -0.05) is 17.7 Å². The standard InChI is InChI=1S/C14H21ClN2O4S/c1-2-21-10-4-8-16-14(18)7-9-17-22(19,20)13-6-3-5-12(15)11-13/h3,5-6,11,17H,2,4,7-10H2,1H3,(H,16,18). The Hall–Kier alpha value is -1.15.